The summed E-state index contributed by atoms with van der Waals surface area (Å²) in [5.41, 5.74) is 1.74. The van der Waals surface area contributed by atoms with E-state index in [0.29, 0.717) is 24.7 Å². The molecule has 0 aliphatic carbocycles. The van der Waals surface area contributed by atoms with Gasteiger partial charge in [-0.3, -0.25) is 0 Å². The molecule has 21 heavy (non-hydrogen) atoms. The Morgan fingerprint density at radius 3 is 2.48 bits per heavy atom. The number of hydrogen-bond acceptors (Lipinski definition) is 5. The molecule has 0 spiro atoms. The van der Waals surface area contributed by atoms with Gasteiger partial charge in [-0.05, 0) is 36.8 Å². The number of anilines is 1. The summed E-state index contributed by atoms with van der Waals surface area (Å²) >= 11 is 0. The Morgan fingerprint density at radius 2 is 1.81 bits per heavy atom. The zero-order valence-electron chi connectivity index (χ0n) is 12.1. The Balaban J connectivity index is 2.07. The summed E-state index contributed by atoms with van der Waals surface area (Å²) in [5, 5.41) is 22.0. The van der Waals surface area contributed by atoms with Crippen molar-refractivity contribution in [2.45, 2.75) is 13.5 Å². The van der Waals surface area contributed by atoms with Crippen LogP contribution in [-0.4, -0.2) is 23.9 Å². The Bertz CT molecular complexity index is 613. The summed E-state index contributed by atoms with van der Waals surface area (Å²) in [4.78, 5) is 0. The Hall–Kier alpha value is -2.56. The van der Waals surface area contributed by atoms with E-state index in [1.54, 1.807) is 13.2 Å². The largest absolute Gasteiger partial charge is 0.504 e. The lowest BCUT2D eigenvalue weighted by atomic mass is 10.2. The molecule has 0 heterocycles. The number of nitrogens with one attached hydrogen (secondary N) is 1. The monoisotopic (exact) mass is 289 g/mol. The van der Waals surface area contributed by atoms with Gasteiger partial charge in [0.1, 0.15) is 0 Å². The number of benzene rings is 2. The van der Waals surface area contributed by atoms with Crippen molar-refractivity contribution >= 4 is 5.69 Å². The van der Waals surface area contributed by atoms with E-state index >= 15 is 0 Å². The van der Waals surface area contributed by atoms with Gasteiger partial charge >= 0.3 is 0 Å². The molecule has 0 unspecified atom stereocenters. The number of ether oxygens (including phenoxy) is 2. The Labute approximate surface area is 123 Å². The molecule has 0 amide bonds. The van der Waals surface area contributed by atoms with Crippen molar-refractivity contribution < 1.29 is 19.7 Å². The Morgan fingerprint density at radius 1 is 1.00 bits per heavy atom. The van der Waals surface area contributed by atoms with Gasteiger partial charge in [-0.15, -0.1) is 0 Å². The van der Waals surface area contributed by atoms with Crippen LogP contribution in [0.15, 0.2) is 36.4 Å². The Kier molecular flexibility index (Phi) is 4.77. The molecule has 0 saturated heterocycles. The summed E-state index contributed by atoms with van der Waals surface area (Å²) in [5.74, 6) is 1.11. The van der Waals surface area contributed by atoms with E-state index in [0.717, 1.165) is 11.3 Å². The maximum Gasteiger partial charge on any atom is 0.162 e. The van der Waals surface area contributed by atoms with Crippen LogP contribution in [0.25, 0.3) is 0 Å². The van der Waals surface area contributed by atoms with E-state index in [2.05, 4.69) is 5.32 Å². The second-order valence-corrected chi connectivity index (χ2v) is 4.48. The van der Waals surface area contributed by atoms with Gasteiger partial charge in [0.05, 0.1) is 13.7 Å². The lowest BCUT2D eigenvalue weighted by Gasteiger charge is -2.12. The predicted molar refractivity (Wildman–Crippen MR) is 81.3 cm³/mol. The minimum absolute atomic E-state index is 0.124. The number of phenolic OH excluding ortho intramolecular Hbond substituents is 2. The minimum atomic E-state index is -0.126. The number of methoxy groups -OCH3 is 1. The molecule has 2 aromatic carbocycles. The normalized spacial score (nSPS) is 10.2. The van der Waals surface area contributed by atoms with E-state index in [4.69, 9.17) is 9.47 Å². The van der Waals surface area contributed by atoms with Crippen LogP contribution < -0.4 is 14.8 Å². The summed E-state index contributed by atoms with van der Waals surface area (Å²) in [6, 6.07) is 10.3. The van der Waals surface area contributed by atoms with E-state index < -0.39 is 0 Å². The van der Waals surface area contributed by atoms with Crippen LogP contribution in [0.3, 0.4) is 0 Å². The third-order valence-corrected chi connectivity index (χ3v) is 3.00. The smallest absolute Gasteiger partial charge is 0.162 e. The van der Waals surface area contributed by atoms with Crippen LogP contribution >= 0.6 is 0 Å². The average molecular weight is 289 g/mol. The first-order chi connectivity index (χ1) is 10.1. The van der Waals surface area contributed by atoms with Crippen LogP contribution in [0.1, 0.15) is 12.5 Å². The van der Waals surface area contributed by atoms with Crippen molar-refractivity contribution in [3.63, 3.8) is 0 Å². The fraction of sp³-hybridized carbons (Fsp3) is 0.250. The predicted octanol–water partition coefficient (Wildman–Crippen LogP) is 3.12. The molecular weight excluding hydrogens is 270 g/mol. The zero-order valence-corrected chi connectivity index (χ0v) is 12.1. The van der Waals surface area contributed by atoms with Crippen molar-refractivity contribution in [1.29, 1.82) is 0 Å². The standard InChI is InChI=1S/C16H19NO4/c1-3-21-15-7-5-12(9-16(15)20-2)17-10-11-4-6-13(18)14(19)8-11/h4-9,17-19H,3,10H2,1-2H3. The molecule has 0 saturated carbocycles. The van der Waals surface area contributed by atoms with Crippen LogP contribution in [-0.2, 0) is 6.54 Å². The van der Waals surface area contributed by atoms with Gasteiger partial charge in [0.2, 0.25) is 0 Å². The van der Waals surface area contributed by atoms with Gasteiger partial charge in [0, 0.05) is 18.3 Å². The van der Waals surface area contributed by atoms with Gasteiger partial charge in [-0.25, -0.2) is 0 Å². The van der Waals surface area contributed by atoms with E-state index in [-0.39, 0.29) is 11.5 Å². The van der Waals surface area contributed by atoms with E-state index in [9.17, 15) is 10.2 Å². The molecule has 2 rings (SSSR count). The third kappa shape index (κ3) is 3.72. The highest BCUT2D eigenvalue weighted by molar-refractivity contribution is 5.55. The summed E-state index contributed by atoms with van der Waals surface area (Å²) in [6.07, 6.45) is 0. The lowest BCUT2D eigenvalue weighted by molar-refractivity contribution is 0.311. The van der Waals surface area contributed by atoms with Crippen molar-refractivity contribution in [2.75, 3.05) is 19.0 Å². The molecule has 0 bridgehead atoms. The highest BCUT2D eigenvalue weighted by atomic mass is 16.5. The first-order valence-corrected chi connectivity index (χ1v) is 6.69. The van der Waals surface area contributed by atoms with E-state index in [1.807, 2.05) is 25.1 Å². The highest BCUT2D eigenvalue weighted by Gasteiger charge is 2.06. The number of rotatable bonds is 6. The second kappa shape index (κ2) is 6.74. The molecular formula is C16H19NO4. The number of aromatic hydroxyl groups is 2. The third-order valence-electron chi connectivity index (χ3n) is 3.00. The van der Waals surface area contributed by atoms with Crippen molar-refractivity contribution in [2.24, 2.45) is 0 Å². The molecule has 5 heteroatoms. The quantitative estimate of drug-likeness (QED) is 0.713. The highest BCUT2D eigenvalue weighted by Crippen LogP contribution is 2.30. The summed E-state index contributed by atoms with van der Waals surface area (Å²) in [6.45, 7) is 3.02. The topological polar surface area (TPSA) is 71.0 Å². The first kappa shape index (κ1) is 14.8. The van der Waals surface area contributed by atoms with Crippen LogP contribution in [0.5, 0.6) is 23.0 Å². The SMILES string of the molecule is CCOc1ccc(NCc2ccc(O)c(O)c2)cc1OC. The molecule has 2 aromatic rings. The van der Waals surface area contributed by atoms with Crippen molar-refractivity contribution in [1.82, 2.24) is 0 Å². The molecule has 112 valence electrons. The van der Waals surface area contributed by atoms with E-state index in [1.165, 1.54) is 12.1 Å². The molecule has 0 aromatic heterocycles. The fourth-order valence-electron chi connectivity index (χ4n) is 1.94. The molecule has 0 atom stereocenters. The molecule has 0 fully saturated rings. The maximum absolute atomic E-state index is 9.46. The zero-order chi connectivity index (χ0) is 15.2. The molecule has 0 aliphatic heterocycles. The van der Waals surface area contributed by atoms with Crippen LogP contribution in [0, 0.1) is 0 Å². The lowest BCUT2D eigenvalue weighted by Crippen LogP contribution is -2.01. The van der Waals surface area contributed by atoms with Crippen LogP contribution in [0.2, 0.25) is 0 Å². The maximum atomic E-state index is 9.46. The minimum Gasteiger partial charge on any atom is -0.504 e. The van der Waals surface area contributed by atoms with Gasteiger partial charge in [-0.2, -0.15) is 0 Å². The van der Waals surface area contributed by atoms with Gasteiger partial charge in [-0.1, -0.05) is 6.07 Å². The van der Waals surface area contributed by atoms with Gasteiger partial charge in [0.15, 0.2) is 23.0 Å². The van der Waals surface area contributed by atoms with Gasteiger partial charge in [0.25, 0.3) is 0 Å². The number of phenols is 2. The molecule has 5 nitrogen and oxygen atoms in total. The van der Waals surface area contributed by atoms with Crippen molar-refractivity contribution in [3.05, 3.63) is 42.0 Å². The van der Waals surface area contributed by atoms with Crippen LogP contribution in [0.4, 0.5) is 5.69 Å². The van der Waals surface area contributed by atoms with Crippen molar-refractivity contribution in [3.8, 4) is 23.0 Å². The number of hydrogen-bond donors (Lipinski definition) is 3. The first-order valence-electron chi connectivity index (χ1n) is 6.69. The summed E-state index contributed by atoms with van der Waals surface area (Å²) in [7, 11) is 1.60. The average Bonchev–Trinajstić information content (AvgIpc) is 2.49. The summed E-state index contributed by atoms with van der Waals surface area (Å²) < 4.78 is 10.7. The molecule has 3 N–H and O–H groups in total. The molecule has 0 aliphatic rings. The fourth-order valence-corrected chi connectivity index (χ4v) is 1.94. The van der Waals surface area contributed by atoms with Gasteiger partial charge < -0.3 is 25.0 Å². The second-order valence-electron chi connectivity index (χ2n) is 4.48. The molecule has 0 radical (unpaired) electrons.